The number of ketones is 1. The van der Waals surface area contributed by atoms with Gasteiger partial charge in [-0.1, -0.05) is 36.8 Å². The zero-order valence-corrected chi connectivity index (χ0v) is 15.4. The lowest BCUT2D eigenvalue weighted by Crippen LogP contribution is -2.23. The second kappa shape index (κ2) is 8.68. The van der Waals surface area contributed by atoms with E-state index >= 15 is 0 Å². The van der Waals surface area contributed by atoms with Gasteiger partial charge in [0, 0.05) is 18.4 Å². The number of benzene rings is 1. The van der Waals surface area contributed by atoms with Crippen molar-refractivity contribution >= 4 is 23.4 Å². The molecule has 26 heavy (non-hydrogen) atoms. The highest BCUT2D eigenvalue weighted by Crippen LogP contribution is 2.34. The van der Waals surface area contributed by atoms with Gasteiger partial charge >= 0.3 is 5.97 Å². The van der Waals surface area contributed by atoms with Gasteiger partial charge in [0.1, 0.15) is 17.9 Å². The van der Waals surface area contributed by atoms with E-state index in [4.69, 9.17) is 16.3 Å². The van der Waals surface area contributed by atoms with Crippen molar-refractivity contribution in [3.05, 3.63) is 52.1 Å². The molecule has 0 fully saturated rings. The number of hydrogen-bond donors (Lipinski definition) is 1. The van der Waals surface area contributed by atoms with Crippen molar-refractivity contribution in [2.45, 2.75) is 39.2 Å². The number of aromatic hydroxyl groups is 1. The van der Waals surface area contributed by atoms with Gasteiger partial charge in [-0.25, -0.2) is 4.79 Å². The molecule has 1 heterocycles. The van der Waals surface area contributed by atoms with Gasteiger partial charge in [-0.2, -0.15) is 5.26 Å². The topological polar surface area (TPSA) is 87.4 Å². The second-order valence-electron chi connectivity index (χ2n) is 6.24. The predicted molar refractivity (Wildman–Crippen MR) is 98.1 cm³/mol. The maximum atomic E-state index is 12.7. The molecule has 0 amide bonds. The van der Waals surface area contributed by atoms with Crippen LogP contribution in [0.3, 0.4) is 0 Å². The van der Waals surface area contributed by atoms with Crippen LogP contribution in [0.25, 0.3) is 0 Å². The molecule has 1 aromatic carbocycles. The highest BCUT2D eigenvalue weighted by atomic mass is 35.5. The third-order valence-electron chi connectivity index (χ3n) is 4.29. The molecule has 1 aliphatic heterocycles. The Kier molecular flexibility index (Phi) is 6.59. The van der Waals surface area contributed by atoms with Crippen molar-refractivity contribution in [3.8, 4) is 11.8 Å². The number of cyclic esters (lactones) is 1. The Bertz CT molecular complexity index is 820. The van der Waals surface area contributed by atoms with E-state index in [1.54, 1.807) is 13.0 Å². The van der Waals surface area contributed by atoms with Crippen LogP contribution in [0.15, 0.2) is 30.4 Å². The molecule has 1 N–H and O–H groups in total. The molecule has 0 saturated carbocycles. The van der Waals surface area contributed by atoms with Crippen LogP contribution < -0.4 is 0 Å². The zero-order valence-electron chi connectivity index (χ0n) is 14.7. The Balaban J connectivity index is 2.58. The first kappa shape index (κ1) is 19.7. The summed E-state index contributed by atoms with van der Waals surface area (Å²) in [6.45, 7) is 3.69. The van der Waals surface area contributed by atoms with E-state index in [9.17, 15) is 20.0 Å². The SMILES string of the molecule is CC1/C=C/CC/C=C/C(=O)Cc2c(Cl)c(O)cc(C#N)c2C(=O)O[C@@H]1C. The summed E-state index contributed by atoms with van der Waals surface area (Å²) in [7, 11) is 0. The molecule has 2 atom stereocenters. The lowest BCUT2D eigenvalue weighted by atomic mass is 9.96. The number of phenols is 1. The summed E-state index contributed by atoms with van der Waals surface area (Å²) in [5, 5.41) is 19.2. The van der Waals surface area contributed by atoms with Crippen molar-refractivity contribution in [2.24, 2.45) is 5.92 Å². The number of ether oxygens (including phenoxy) is 1. The fraction of sp³-hybridized carbons (Fsp3) is 0.350. The standard InChI is InChI=1S/C20H20ClNO4/c1-12-7-5-3-4-6-8-15(23)10-16-18(20(25)26-13(12)2)14(11-22)9-17(24)19(16)21/h5-9,12-13,24H,3-4,10H2,1-2H3/b7-5+,8-6+/t12?,13-/m1/s1. The number of halogens is 1. The molecule has 1 unspecified atom stereocenters. The normalized spacial score (nSPS) is 23.9. The third-order valence-corrected chi connectivity index (χ3v) is 4.72. The predicted octanol–water partition coefficient (Wildman–Crippen LogP) is 4.12. The summed E-state index contributed by atoms with van der Waals surface area (Å²) >= 11 is 6.13. The fourth-order valence-corrected chi connectivity index (χ4v) is 2.85. The Hall–Kier alpha value is -2.58. The molecule has 0 spiro atoms. The van der Waals surface area contributed by atoms with Crippen molar-refractivity contribution < 1.29 is 19.4 Å². The van der Waals surface area contributed by atoms with Crippen molar-refractivity contribution in [1.82, 2.24) is 0 Å². The van der Waals surface area contributed by atoms with E-state index in [0.717, 1.165) is 12.5 Å². The van der Waals surface area contributed by atoms with Gasteiger partial charge in [-0.05, 0) is 31.4 Å². The quantitative estimate of drug-likeness (QED) is 0.546. The molecule has 2 rings (SSSR count). The monoisotopic (exact) mass is 373 g/mol. The lowest BCUT2D eigenvalue weighted by Gasteiger charge is -2.20. The molecule has 0 saturated heterocycles. The highest BCUT2D eigenvalue weighted by molar-refractivity contribution is 6.33. The van der Waals surface area contributed by atoms with Crippen LogP contribution >= 0.6 is 11.6 Å². The molecule has 1 aliphatic rings. The van der Waals surface area contributed by atoms with Gasteiger partial charge in [-0.3, -0.25) is 4.79 Å². The van der Waals surface area contributed by atoms with Crippen LogP contribution in [0.1, 0.15) is 48.2 Å². The molecule has 1 aromatic rings. The van der Waals surface area contributed by atoms with Gasteiger partial charge in [0.15, 0.2) is 5.78 Å². The minimum Gasteiger partial charge on any atom is -0.506 e. The maximum absolute atomic E-state index is 12.7. The second-order valence-corrected chi connectivity index (χ2v) is 6.62. The average molecular weight is 374 g/mol. The van der Waals surface area contributed by atoms with Crippen LogP contribution in [-0.2, 0) is 16.0 Å². The van der Waals surface area contributed by atoms with Crippen LogP contribution in [0, 0.1) is 17.2 Å². The van der Waals surface area contributed by atoms with Crippen LogP contribution in [0.4, 0.5) is 0 Å². The summed E-state index contributed by atoms with van der Waals surface area (Å²) in [6.07, 6.45) is 7.95. The minimum atomic E-state index is -0.736. The summed E-state index contributed by atoms with van der Waals surface area (Å²) in [5.41, 5.74) is -0.0429. The van der Waals surface area contributed by atoms with Gasteiger partial charge < -0.3 is 9.84 Å². The molecular formula is C20H20ClNO4. The Morgan fingerprint density at radius 1 is 1.27 bits per heavy atom. The number of fused-ring (bicyclic) bond motifs is 1. The van der Waals surface area contributed by atoms with Gasteiger partial charge in [-0.15, -0.1) is 0 Å². The number of nitriles is 1. The van der Waals surface area contributed by atoms with Crippen molar-refractivity contribution in [1.29, 1.82) is 5.26 Å². The number of carbonyl (C=O) groups is 2. The van der Waals surface area contributed by atoms with E-state index in [-0.39, 0.29) is 45.6 Å². The summed E-state index contributed by atoms with van der Waals surface area (Å²) < 4.78 is 5.50. The summed E-state index contributed by atoms with van der Waals surface area (Å²) in [4.78, 5) is 24.9. The Labute approximate surface area is 157 Å². The molecule has 0 bridgehead atoms. The lowest BCUT2D eigenvalue weighted by molar-refractivity contribution is -0.114. The first-order chi connectivity index (χ1) is 12.3. The molecule has 0 aliphatic carbocycles. The number of allylic oxidation sites excluding steroid dienone is 3. The van der Waals surface area contributed by atoms with E-state index < -0.39 is 12.1 Å². The molecule has 136 valence electrons. The van der Waals surface area contributed by atoms with Crippen molar-refractivity contribution in [3.63, 3.8) is 0 Å². The first-order valence-corrected chi connectivity index (χ1v) is 8.74. The number of esters is 1. The smallest absolute Gasteiger partial charge is 0.340 e. The number of carbonyl (C=O) groups excluding carboxylic acids is 2. The van der Waals surface area contributed by atoms with Crippen molar-refractivity contribution in [2.75, 3.05) is 0 Å². The van der Waals surface area contributed by atoms with E-state index in [2.05, 4.69) is 0 Å². The van der Waals surface area contributed by atoms with E-state index in [1.807, 2.05) is 25.1 Å². The summed E-state index contributed by atoms with van der Waals surface area (Å²) in [5.74, 6) is -1.39. The van der Waals surface area contributed by atoms with E-state index in [1.165, 1.54) is 6.08 Å². The fourth-order valence-electron chi connectivity index (χ4n) is 2.63. The number of hydrogen-bond acceptors (Lipinski definition) is 5. The zero-order chi connectivity index (χ0) is 19.3. The Morgan fingerprint density at radius 3 is 2.65 bits per heavy atom. The summed E-state index contributed by atoms with van der Waals surface area (Å²) in [6, 6.07) is 2.98. The number of nitrogens with zero attached hydrogens (tertiary/aromatic N) is 1. The van der Waals surface area contributed by atoms with Gasteiger partial charge in [0.05, 0.1) is 16.1 Å². The Morgan fingerprint density at radius 2 is 1.96 bits per heavy atom. The third kappa shape index (κ3) is 4.53. The maximum Gasteiger partial charge on any atom is 0.340 e. The average Bonchev–Trinajstić information content (AvgIpc) is 2.60. The number of phenolic OH excluding ortho intramolecular Hbond substituents is 1. The van der Waals surface area contributed by atoms with Gasteiger partial charge in [0.25, 0.3) is 0 Å². The molecule has 6 heteroatoms. The first-order valence-electron chi connectivity index (χ1n) is 8.36. The minimum absolute atomic E-state index is 0.0194. The largest absolute Gasteiger partial charge is 0.506 e. The molecule has 0 radical (unpaired) electrons. The number of rotatable bonds is 0. The molecular weight excluding hydrogens is 354 g/mol. The highest BCUT2D eigenvalue weighted by Gasteiger charge is 2.26. The van der Waals surface area contributed by atoms with Crippen LogP contribution in [-0.4, -0.2) is 23.0 Å². The molecule has 5 nitrogen and oxygen atoms in total. The van der Waals surface area contributed by atoms with Gasteiger partial charge in [0.2, 0.25) is 0 Å². The van der Waals surface area contributed by atoms with Crippen LogP contribution in [0.2, 0.25) is 5.02 Å². The van der Waals surface area contributed by atoms with Crippen LogP contribution in [0.5, 0.6) is 5.75 Å². The molecule has 0 aromatic heterocycles. The van der Waals surface area contributed by atoms with E-state index in [0.29, 0.717) is 6.42 Å².